The van der Waals surface area contributed by atoms with Crippen molar-refractivity contribution in [3.05, 3.63) is 70.4 Å². The molecule has 2 atom stereocenters. The highest BCUT2D eigenvalue weighted by Crippen LogP contribution is 2.44. The van der Waals surface area contributed by atoms with Crippen molar-refractivity contribution in [1.82, 2.24) is 20.2 Å². The molecule has 0 spiro atoms. The fourth-order valence-corrected chi connectivity index (χ4v) is 4.53. The van der Waals surface area contributed by atoms with E-state index in [2.05, 4.69) is 34.0 Å². The zero-order chi connectivity index (χ0) is 22.1. The van der Waals surface area contributed by atoms with E-state index in [4.69, 9.17) is 5.26 Å². The van der Waals surface area contributed by atoms with Gasteiger partial charge in [0, 0.05) is 23.4 Å². The van der Waals surface area contributed by atoms with Crippen LogP contribution in [0.25, 0.3) is 11.3 Å². The van der Waals surface area contributed by atoms with Gasteiger partial charge in [0.05, 0.1) is 17.0 Å². The molecule has 0 radical (unpaired) electrons. The van der Waals surface area contributed by atoms with E-state index in [1.165, 1.54) is 18.2 Å². The fraction of sp³-hybridized carbons (Fsp3) is 0.375. The Kier molecular flexibility index (Phi) is 5.73. The average Bonchev–Trinajstić information content (AvgIpc) is 2.74. The molecule has 31 heavy (non-hydrogen) atoms. The van der Waals surface area contributed by atoms with Crippen LogP contribution in [0.3, 0.4) is 0 Å². The first kappa shape index (κ1) is 21.0. The van der Waals surface area contributed by atoms with Crippen molar-refractivity contribution >= 4 is 0 Å². The molecule has 0 fully saturated rings. The van der Waals surface area contributed by atoms with Gasteiger partial charge >= 0.3 is 0 Å². The number of nitriles is 1. The van der Waals surface area contributed by atoms with Gasteiger partial charge in [-0.05, 0) is 61.8 Å². The van der Waals surface area contributed by atoms with E-state index < -0.39 is 11.6 Å². The summed E-state index contributed by atoms with van der Waals surface area (Å²) in [7, 11) is 0. The van der Waals surface area contributed by atoms with Crippen LogP contribution in [0.4, 0.5) is 8.78 Å². The molecule has 0 aliphatic heterocycles. The largest absolute Gasteiger partial charge is 0.232 e. The van der Waals surface area contributed by atoms with E-state index in [9.17, 15) is 8.78 Å². The van der Waals surface area contributed by atoms with E-state index in [0.717, 1.165) is 41.8 Å². The van der Waals surface area contributed by atoms with E-state index in [-0.39, 0.29) is 28.9 Å². The van der Waals surface area contributed by atoms with Gasteiger partial charge in [0.1, 0.15) is 17.7 Å². The molecule has 0 N–H and O–H groups in total. The predicted molar refractivity (Wildman–Crippen MR) is 112 cm³/mol. The first-order valence-corrected chi connectivity index (χ1v) is 10.4. The minimum absolute atomic E-state index is 0.0711. The summed E-state index contributed by atoms with van der Waals surface area (Å²) < 4.78 is 28.8. The molecule has 3 aromatic rings. The topological polar surface area (TPSA) is 75.3 Å². The number of benzene rings is 1. The number of hydrogen-bond acceptors (Lipinski definition) is 5. The standard InChI is InChI=1S/C24H23F2N5/c1-13(2)9-15-7-8-16(18-12-28-22(11-27)29-14(18)3)24-17(15)10-21(30-31-24)23-19(25)5-4-6-20(23)26/h4-6,10,12-13,15-16H,7-9H2,1-3H3/t15-,16?/m1/s1. The summed E-state index contributed by atoms with van der Waals surface area (Å²) in [4.78, 5) is 8.42. The van der Waals surface area contributed by atoms with Gasteiger partial charge < -0.3 is 0 Å². The zero-order valence-corrected chi connectivity index (χ0v) is 17.7. The normalized spacial score (nSPS) is 18.0. The van der Waals surface area contributed by atoms with Gasteiger partial charge in [-0.25, -0.2) is 18.7 Å². The maximum atomic E-state index is 14.4. The highest BCUT2D eigenvalue weighted by molar-refractivity contribution is 5.62. The van der Waals surface area contributed by atoms with Gasteiger partial charge in [-0.1, -0.05) is 19.9 Å². The lowest BCUT2D eigenvalue weighted by atomic mass is 9.74. The Morgan fingerprint density at radius 1 is 1.13 bits per heavy atom. The molecule has 1 aliphatic carbocycles. The number of aromatic nitrogens is 4. The minimum atomic E-state index is -0.654. The lowest BCUT2D eigenvalue weighted by Gasteiger charge is -2.32. The smallest absolute Gasteiger partial charge is 0.227 e. The van der Waals surface area contributed by atoms with Crippen molar-refractivity contribution in [2.75, 3.05) is 0 Å². The molecule has 7 heteroatoms. The maximum Gasteiger partial charge on any atom is 0.232 e. The Balaban J connectivity index is 1.84. The van der Waals surface area contributed by atoms with E-state index in [0.29, 0.717) is 5.92 Å². The van der Waals surface area contributed by atoms with Crippen LogP contribution in [0.5, 0.6) is 0 Å². The van der Waals surface area contributed by atoms with Crippen molar-refractivity contribution in [2.45, 2.75) is 51.9 Å². The summed E-state index contributed by atoms with van der Waals surface area (Å²) in [5.74, 6) is -0.549. The number of halogens is 2. The van der Waals surface area contributed by atoms with Crippen LogP contribution in [0, 0.1) is 35.8 Å². The fourth-order valence-electron chi connectivity index (χ4n) is 4.53. The quantitative estimate of drug-likeness (QED) is 0.562. The molecule has 158 valence electrons. The second-order valence-corrected chi connectivity index (χ2v) is 8.47. The third-order valence-electron chi connectivity index (χ3n) is 5.89. The number of aryl methyl sites for hydroxylation is 1. The molecule has 5 nitrogen and oxygen atoms in total. The van der Waals surface area contributed by atoms with Gasteiger partial charge in [0.15, 0.2) is 0 Å². The SMILES string of the molecule is Cc1nc(C#N)ncc1C1CC[C@H](CC(C)C)c2cc(-c3c(F)cccc3F)nnc21. The Hall–Kier alpha value is -3.27. The van der Waals surface area contributed by atoms with Crippen molar-refractivity contribution in [1.29, 1.82) is 5.26 Å². The highest BCUT2D eigenvalue weighted by Gasteiger charge is 2.32. The van der Waals surface area contributed by atoms with Gasteiger partial charge in [0.25, 0.3) is 0 Å². The van der Waals surface area contributed by atoms with Crippen molar-refractivity contribution in [3.63, 3.8) is 0 Å². The van der Waals surface area contributed by atoms with Crippen LogP contribution >= 0.6 is 0 Å². The van der Waals surface area contributed by atoms with Gasteiger partial charge in [-0.3, -0.25) is 0 Å². The van der Waals surface area contributed by atoms with Crippen LogP contribution in [-0.4, -0.2) is 20.2 Å². The summed E-state index contributed by atoms with van der Waals surface area (Å²) in [6.45, 7) is 6.18. The third-order valence-corrected chi connectivity index (χ3v) is 5.89. The number of nitrogens with zero attached hydrogens (tertiary/aromatic N) is 5. The molecule has 0 saturated heterocycles. The monoisotopic (exact) mass is 419 g/mol. The molecular formula is C24H23F2N5. The lowest BCUT2D eigenvalue weighted by molar-refractivity contribution is 0.424. The maximum absolute atomic E-state index is 14.4. The highest BCUT2D eigenvalue weighted by atomic mass is 19.1. The summed E-state index contributed by atoms with van der Waals surface area (Å²) in [6.07, 6.45) is 4.40. The van der Waals surface area contributed by atoms with Crippen molar-refractivity contribution in [2.24, 2.45) is 5.92 Å². The lowest BCUT2D eigenvalue weighted by Crippen LogP contribution is -2.21. The molecular weight excluding hydrogens is 396 g/mol. The molecule has 1 aromatic carbocycles. The molecule has 1 unspecified atom stereocenters. The third kappa shape index (κ3) is 4.02. The van der Waals surface area contributed by atoms with Crippen molar-refractivity contribution < 1.29 is 8.78 Å². The number of hydrogen-bond donors (Lipinski definition) is 0. The van der Waals surface area contributed by atoms with Gasteiger partial charge in [-0.15, -0.1) is 0 Å². The van der Waals surface area contributed by atoms with E-state index in [1.807, 2.05) is 13.0 Å². The van der Waals surface area contributed by atoms with Crippen molar-refractivity contribution in [3.8, 4) is 17.3 Å². The molecule has 4 rings (SSSR count). The van der Waals surface area contributed by atoms with Gasteiger partial charge in [-0.2, -0.15) is 15.5 Å². The summed E-state index contributed by atoms with van der Waals surface area (Å²) in [6, 6.07) is 7.55. The van der Waals surface area contributed by atoms with Crippen LogP contribution < -0.4 is 0 Å². The molecule has 0 amide bonds. The van der Waals surface area contributed by atoms with Crippen LogP contribution in [-0.2, 0) is 0 Å². The summed E-state index contributed by atoms with van der Waals surface area (Å²) >= 11 is 0. The summed E-state index contributed by atoms with van der Waals surface area (Å²) in [5, 5.41) is 17.8. The summed E-state index contributed by atoms with van der Waals surface area (Å²) in [5.41, 5.74) is 3.46. The van der Waals surface area contributed by atoms with Crippen LogP contribution in [0.1, 0.15) is 73.3 Å². The Morgan fingerprint density at radius 3 is 2.52 bits per heavy atom. The Morgan fingerprint density at radius 2 is 1.87 bits per heavy atom. The van der Waals surface area contributed by atoms with E-state index >= 15 is 0 Å². The zero-order valence-electron chi connectivity index (χ0n) is 17.7. The first-order chi connectivity index (χ1) is 14.9. The molecule has 1 aliphatic rings. The minimum Gasteiger partial charge on any atom is -0.227 e. The Labute approximate surface area is 180 Å². The number of rotatable bonds is 4. The van der Waals surface area contributed by atoms with Crippen LogP contribution in [0.15, 0.2) is 30.5 Å². The molecule has 0 saturated carbocycles. The second kappa shape index (κ2) is 8.46. The Bertz CT molecular complexity index is 1150. The first-order valence-electron chi connectivity index (χ1n) is 10.4. The molecule has 2 heterocycles. The molecule has 0 bridgehead atoms. The van der Waals surface area contributed by atoms with Crippen LogP contribution in [0.2, 0.25) is 0 Å². The van der Waals surface area contributed by atoms with Gasteiger partial charge in [0.2, 0.25) is 5.82 Å². The average molecular weight is 419 g/mol. The molecule has 2 aromatic heterocycles. The van der Waals surface area contributed by atoms with E-state index in [1.54, 1.807) is 12.3 Å². The second-order valence-electron chi connectivity index (χ2n) is 8.47. The number of fused-ring (bicyclic) bond motifs is 1. The predicted octanol–water partition coefficient (Wildman–Crippen LogP) is 5.45.